The molecule has 1 aliphatic heterocycles. The summed E-state index contributed by atoms with van der Waals surface area (Å²) in [5.74, 6) is -0.204. The van der Waals surface area contributed by atoms with Crippen molar-refractivity contribution in [1.82, 2.24) is 0 Å². The van der Waals surface area contributed by atoms with E-state index in [1.165, 1.54) is 6.07 Å². The van der Waals surface area contributed by atoms with Gasteiger partial charge in [0.2, 0.25) is 5.91 Å². The van der Waals surface area contributed by atoms with Gasteiger partial charge in [-0.05, 0) is 39.8 Å². The average Bonchev–Trinajstić information content (AvgIpc) is 2.34. The smallest absolute Gasteiger partial charge is 0.232 e. The molecule has 0 aliphatic carbocycles. The Labute approximate surface area is 119 Å². The van der Waals surface area contributed by atoms with E-state index < -0.39 is 20.8 Å². The maximum Gasteiger partial charge on any atom is 0.232 e. The second kappa shape index (κ2) is 4.22. The monoisotopic (exact) mass is 296 g/mol. The molecule has 2 rings (SSSR count). The first-order valence-corrected chi connectivity index (χ1v) is 8.29. The lowest BCUT2D eigenvalue weighted by molar-refractivity contribution is -0.126. The summed E-state index contributed by atoms with van der Waals surface area (Å²) in [7, 11) is -3.41. The van der Waals surface area contributed by atoms with E-state index in [0.29, 0.717) is 11.4 Å². The number of sulfone groups is 1. The summed E-state index contributed by atoms with van der Waals surface area (Å²) in [6.45, 7) is 7.52. The minimum atomic E-state index is -3.41. The number of hydrogen-bond donors (Lipinski definition) is 2. The first-order chi connectivity index (χ1) is 8.97. The van der Waals surface area contributed by atoms with Crippen LogP contribution in [-0.4, -0.2) is 26.1 Å². The molecule has 2 N–H and O–H groups in total. The molecule has 0 bridgehead atoms. The summed E-state index contributed by atoms with van der Waals surface area (Å²) in [6.07, 6.45) is 1.13. The van der Waals surface area contributed by atoms with Crippen LogP contribution in [0.1, 0.15) is 27.7 Å². The maximum absolute atomic E-state index is 12.4. The molecule has 1 heterocycles. The van der Waals surface area contributed by atoms with Crippen molar-refractivity contribution in [3.63, 3.8) is 0 Å². The SMILES string of the molecule is CC1(C)Nc2cccc(S(C)(=O)=O)c2NC(=O)C1(C)C. The van der Waals surface area contributed by atoms with E-state index in [2.05, 4.69) is 10.6 Å². The number of para-hydroxylation sites is 1. The quantitative estimate of drug-likeness (QED) is 0.833. The highest BCUT2D eigenvalue weighted by Gasteiger charge is 2.46. The van der Waals surface area contributed by atoms with Gasteiger partial charge in [-0.15, -0.1) is 0 Å². The number of nitrogens with one attached hydrogen (secondary N) is 2. The Bertz CT molecular complexity index is 676. The van der Waals surface area contributed by atoms with Crippen LogP contribution in [0.5, 0.6) is 0 Å². The van der Waals surface area contributed by atoms with E-state index in [4.69, 9.17) is 0 Å². The Hall–Kier alpha value is -1.56. The normalized spacial score (nSPS) is 20.4. The number of amides is 1. The van der Waals surface area contributed by atoms with E-state index in [-0.39, 0.29) is 10.8 Å². The molecule has 0 aromatic heterocycles. The molecule has 1 aliphatic rings. The molecule has 1 aromatic carbocycles. The lowest BCUT2D eigenvalue weighted by Crippen LogP contribution is -2.50. The Morgan fingerprint density at radius 1 is 1.10 bits per heavy atom. The molecule has 0 radical (unpaired) electrons. The van der Waals surface area contributed by atoms with Crippen molar-refractivity contribution in [3.8, 4) is 0 Å². The fourth-order valence-corrected chi connectivity index (χ4v) is 2.98. The van der Waals surface area contributed by atoms with Crippen molar-refractivity contribution < 1.29 is 13.2 Å². The van der Waals surface area contributed by atoms with Crippen LogP contribution in [0, 0.1) is 5.41 Å². The van der Waals surface area contributed by atoms with Crippen LogP contribution in [0.3, 0.4) is 0 Å². The van der Waals surface area contributed by atoms with Crippen molar-refractivity contribution in [2.75, 3.05) is 16.9 Å². The van der Waals surface area contributed by atoms with Gasteiger partial charge in [0.05, 0.1) is 21.7 Å². The highest BCUT2D eigenvalue weighted by atomic mass is 32.2. The molecule has 20 heavy (non-hydrogen) atoms. The van der Waals surface area contributed by atoms with Crippen molar-refractivity contribution in [1.29, 1.82) is 0 Å². The van der Waals surface area contributed by atoms with E-state index >= 15 is 0 Å². The van der Waals surface area contributed by atoms with Crippen molar-refractivity contribution in [2.24, 2.45) is 5.41 Å². The number of rotatable bonds is 1. The number of anilines is 2. The van der Waals surface area contributed by atoms with Crippen LogP contribution in [0.2, 0.25) is 0 Å². The summed E-state index contributed by atoms with van der Waals surface area (Å²) >= 11 is 0. The molecule has 110 valence electrons. The maximum atomic E-state index is 12.4. The summed E-state index contributed by atoms with van der Waals surface area (Å²) in [4.78, 5) is 12.6. The van der Waals surface area contributed by atoms with Gasteiger partial charge in [-0.25, -0.2) is 8.42 Å². The molecule has 6 heteroatoms. The first-order valence-electron chi connectivity index (χ1n) is 6.39. The van der Waals surface area contributed by atoms with Crippen LogP contribution in [-0.2, 0) is 14.6 Å². The average molecular weight is 296 g/mol. The largest absolute Gasteiger partial charge is 0.377 e. The van der Waals surface area contributed by atoms with Gasteiger partial charge in [-0.1, -0.05) is 6.07 Å². The molecule has 0 unspecified atom stereocenters. The number of carbonyl (C=O) groups excluding carboxylic acids is 1. The van der Waals surface area contributed by atoms with E-state index in [0.717, 1.165) is 6.26 Å². The molecule has 0 atom stereocenters. The lowest BCUT2D eigenvalue weighted by atomic mass is 9.74. The predicted octanol–water partition coefficient (Wildman–Crippen LogP) is 2.26. The van der Waals surface area contributed by atoms with Gasteiger partial charge in [0, 0.05) is 11.8 Å². The molecule has 0 spiro atoms. The Kier molecular flexibility index (Phi) is 3.13. The van der Waals surface area contributed by atoms with Gasteiger partial charge in [0.1, 0.15) is 0 Å². The minimum Gasteiger partial charge on any atom is -0.377 e. The minimum absolute atomic E-state index is 0.129. The standard InChI is InChI=1S/C14H20N2O3S/c1-13(2)12(17)15-11-9(16-14(13,3)4)7-6-8-10(11)20(5,18)19/h6-8,16H,1-5H3,(H,15,17). The van der Waals surface area contributed by atoms with Gasteiger partial charge < -0.3 is 10.6 Å². The zero-order valence-corrected chi connectivity index (χ0v) is 13.2. The molecule has 0 fully saturated rings. The summed E-state index contributed by atoms with van der Waals surface area (Å²) in [6, 6.07) is 4.94. The van der Waals surface area contributed by atoms with E-state index in [1.54, 1.807) is 12.1 Å². The van der Waals surface area contributed by atoms with Crippen molar-refractivity contribution in [3.05, 3.63) is 18.2 Å². The second-order valence-corrected chi connectivity index (χ2v) is 8.26. The van der Waals surface area contributed by atoms with Crippen molar-refractivity contribution in [2.45, 2.75) is 38.1 Å². The van der Waals surface area contributed by atoms with Gasteiger partial charge in [-0.2, -0.15) is 0 Å². The fraction of sp³-hybridized carbons (Fsp3) is 0.500. The van der Waals surface area contributed by atoms with Crippen LogP contribution in [0.15, 0.2) is 23.1 Å². The molecular formula is C14H20N2O3S. The predicted molar refractivity (Wildman–Crippen MR) is 79.7 cm³/mol. The fourth-order valence-electron chi connectivity index (χ4n) is 2.12. The molecule has 5 nitrogen and oxygen atoms in total. The van der Waals surface area contributed by atoms with E-state index in [9.17, 15) is 13.2 Å². The molecule has 0 saturated carbocycles. The van der Waals surface area contributed by atoms with Gasteiger partial charge in [0.25, 0.3) is 0 Å². The zero-order chi connectivity index (χ0) is 15.3. The second-order valence-electron chi connectivity index (χ2n) is 6.28. The highest BCUT2D eigenvalue weighted by molar-refractivity contribution is 7.90. The van der Waals surface area contributed by atoms with Crippen molar-refractivity contribution >= 4 is 27.1 Å². The van der Waals surface area contributed by atoms with Crippen LogP contribution in [0.25, 0.3) is 0 Å². The topological polar surface area (TPSA) is 75.3 Å². The number of benzene rings is 1. The van der Waals surface area contributed by atoms with Gasteiger partial charge in [0.15, 0.2) is 9.84 Å². The highest BCUT2D eigenvalue weighted by Crippen LogP contribution is 2.42. The summed E-state index contributed by atoms with van der Waals surface area (Å²) < 4.78 is 23.7. The number of carbonyl (C=O) groups is 1. The summed E-state index contributed by atoms with van der Waals surface area (Å²) in [5, 5.41) is 6.05. The first kappa shape index (κ1) is 14.8. The third kappa shape index (κ3) is 2.18. The zero-order valence-electron chi connectivity index (χ0n) is 12.4. The Morgan fingerprint density at radius 3 is 2.25 bits per heavy atom. The van der Waals surface area contributed by atoms with Gasteiger partial charge >= 0.3 is 0 Å². The Morgan fingerprint density at radius 2 is 1.70 bits per heavy atom. The van der Waals surface area contributed by atoms with Crippen LogP contribution < -0.4 is 10.6 Å². The third-order valence-electron chi connectivity index (χ3n) is 4.24. The lowest BCUT2D eigenvalue weighted by Gasteiger charge is -2.39. The van der Waals surface area contributed by atoms with Crippen LogP contribution >= 0.6 is 0 Å². The van der Waals surface area contributed by atoms with Gasteiger partial charge in [-0.3, -0.25) is 4.79 Å². The molecule has 1 aromatic rings. The van der Waals surface area contributed by atoms with E-state index in [1.807, 2.05) is 27.7 Å². The third-order valence-corrected chi connectivity index (χ3v) is 5.38. The Balaban J connectivity index is 2.71. The molecule has 1 amide bonds. The van der Waals surface area contributed by atoms with Crippen LogP contribution in [0.4, 0.5) is 11.4 Å². The molecule has 0 saturated heterocycles. The molecular weight excluding hydrogens is 276 g/mol. The number of hydrogen-bond acceptors (Lipinski definition) is 4. The number of fused-ring (bicyclic) bond motifs is 1. The summed E-state index contributed by atoms with van der Waals surface area (Å²) in [5.41, 5.74) is -0.255.